The maximum absolute atomic E-state index is 13.0. The molecule has 0 spiro atoms. The molecule has 7 nitrogen and oxygen atoms in total. The average Bonchev–Trinajstić information content (AvgIpc) is 3.16. The summed E-state index contributed by atoms with van der Waals surface area (Å²) in [6, 6.07) is 6.59. The number of aromatic nitrogens is 4. The standard InChI is InChI=1S/C14H14N4O3S2/c1-9-6-10(2)18(16-9)23(19,20)14-7-11(4-5-13(14)21-3)12-8-22-17-15-12/h4-8H,1-3H3. The molecule has 9 heteroatoms. The number of hydrogen-bond donors (Lipinski definition) is 0. The third-order valence-electron chi connectivity index (χ3n) is 3.29. The second-order valence-electron chi connectivity index (χ2n) is 4.93. The van der Waals surface area contributed by atoms with Crippen LogP contribution in [0.2, 0.25) is 0 Å². The Bertz CT molecular complexity index is 947. The quantitative estimate of drug-likeness (QED) is 0.717. The SMILES string of the molecule is COc1ccc(-c2csnn2)cc1S(=O)(=O)n1nc(C)cc1C. The van der Waals surface area contributed by atoms with Crippen molar-refractivity contribution in [2.24, 2.45) is 0 Å². The molecule has 0 amide bonds. The Balaban J connectivity index is 2.21. The van der Waals surface area contributed by atoms with Crippen LogP contribution in [0.15, 0.2) is 34.5 Å². The summed E-state index contributed by atoms with van der Waals surface area (Å²) in [6.07, 6.45) is 0. The highest BCUT2D eigenvalue weighted by molar-refractivity contribution is 7.90. The first-order valence-electron chi connectivity index (χ1n) is 6.68. The molecule has 0 atom stereocenters. The van der Waals surface area contributed by atoms with Gasteiger partial charge in [-0.15, -0.1) is 5.10 Å². The Kier molecular flexibility index (Phi) is 3.90. The molecule has 0 unspecified atom stereocenters. The smallest absolute Gasteiger partial charge is 0.286 e. The van der Waals surface area contributed by atoms with Crippen LogP contribution in [0.25, 0.3) is 11.3 Å². The van der Waals surface area contributed by atoms with Crippen LogP contribution in [-0.2, 0) is 10.0 Å². The molecule has 0 saturated carbocycles. The van der Waals surface area contributed by atoms with E-state index in [-0.39, 0.29) is 10.6 Å². The number of hydrogen-bond acceptors (Lipinski definition) is 7. The lowest BCUT2D eigenvalue weighted by molar-refractivity contribution is 0.402. The lowest BCUT2D eigenvalue weighted by Gasteiger charge is -2.12. The summed E-state index contributed by atoms with van der Waals surface area (Å²) in [5.41, 5.74) is 2.43. The minimum Gasteiger partial charge on any atom is -0.495 e. The van der Waals surface area contributed by atoms with Gasteiger partial charge in [-0.1, -0.05) is 4.49 Å². The minimum atomic E-state index is -3.87. The molecule has 3 rings (SSSR count). The van der Waals surface area contributed by atoms with Crippen LogP contribution in [-0.4, -0.2) is 34.3 Å². The van der Waals surface area contributed by atoms with Gasteiger partial charge in [-0.05, 0) is 49.6 Å². The molecule has 0 N–H and O–H groups in total. The van der Waals surface area contributed by atoms with E-state index in [2.05, 4.69) is 14.7 Å². The molecule has 2 heterocycles. The molecule has 0 saturated heterocycles. The van der Waals surface area contributed by atoms with Crippen LogP contribution in [0.3, 0.4) is 0 Å². The van der Waals surface area contributed by atoms with Crippen LogP contribution >= 0.6 is 11.5 Å². The molecule has 0 aliphatic heterocycles. The number of aryl methyl sites for hydroxylation is 2. The van der Waals surface area contributed by atoms with E-state index in [1.807, 2.05) is 0 Å². The molecule has 0 fully saturated rings. The second kappa shape index (κ2) is 5.74. The van der Waals surface area contributed by atoms with Gasteiger partial charge in [-0.3, -0.25) is 0 Å². The average molecular weight is 350 g/mol. The number of benzene rings is 1. The van der Waals surface area contributed by atoms with Gasteiger partial charge < -0.3 is 4.74 Å². The number of nitrogens with zero attached hydrogens (tertiary/aromatic N) is 4. The first-order chi connectivity index (χ1) is 10.9. The van der Waals surface area contributed by atoms with Crippen molar-refractivity contribution in [3.63, 3.8) is 0 Å². The molecule has 0 radical (unpaired) electrons. The summed E-state index contributed by atoms with van der Waals surface area (Å²) in [5, 5.41) is 9.79. The fraction of sp³-hybridized carbons (Fsp3) is 0.214. The molecule has 120 valence electrons. The van der Waals surface area contributed by atoms with Crippen molar-refractivity contribution in [2.75, 3.05) is 7.11 Å². The summed E-state index contributed by atoms with van der Waals surface area (Å²) >= 11 is 1.20. The van der Waals surface area contributed by atoms with Crippen molar-refractivity contribution < 1.29 is 13.2 Å². The largest absolute Gasteiger partial charge is 0.495 e. The van der Waals surface area contributed by atoms with Gasteiger partial charge >= 0.3 is 0 Å². The van der Waals surface area contributed by atoms with Crippen molar-refractivity contribution in [1.82, 2.24) is 18.8 Å². The van der Waals surface area contributed by atoms with E-state index in [0.717, 1.165) is 4.09 Å². The predicted octanol–water partition coefficient (Wildman–Crippen LogP) is 2.26. The molecule has 0 bridgehead atoms. The highest BCUT2D eigenvalue weighted by Gasteiger charge is 2.25. The zero-order valence-electron chi connectivity index (χ0n) is 12.7. The number of rotatable bonds is 4. The number of methoxy groups -OCH3 is 1. The molecule has 3 aromatic rings. The van der Waals surface area contributed by atoms with Crippen molar-refractivity contribution >= 4 is 21.6 Å². The van der Waals surface area contributed by atoms with Crippen LogP contribution < -0.4 is 4.74 Å². The van der Waals surface area contributed by atoms with Crippen LogP contribution in [0.5, 0.6) is 5.75 Å². The lowest BCUT2D eigenvalue weighted by Crippen LogP contribution is -2.17. The Morgan fingerprint density at radius 3 is 2.57 bits per heavy atom. The van der Waals surface area contributed by atoms with Crippen molar-refractivity contribution in [1.29, 1.82) is 0 Å². The van der Waals surface area contributed by atoms with Crippen molar-refractivity contribution in [2.45, 2.75) is 18.7 Å². The third kappa shape index (κ3) is 2.73. The van der Waals surface area contributed by atoms with Gasteiger partial charge in [0.25, 0.3) is 10.0 Å². The van der Waals surface area contributed by atoms with Crippen molar-refractivity contribution in [3.05, 3.63) is 41.0 Å². The molecule has 0 aliphatic carbocycles. The number of ether oxygens (including phenoxy) is 1. The van der Waals surface area contributed by atoms with Crippen molar-refractivity contribution in [3.8, 4) is 17.0 Å². The summed E-state index contributed by atoms with van der Waals surface area (Å²) in [4.78, 5) is 0.0386. The Labute approximate surface area is 137 Å². The highest BCUT2D eigenvalue weighted by atomic mass is 32.2. The van der Waals surface area contributed by atoms with E-state index in [9.17, 15) is 8.42 Å². The molecular formula is C14H14N4O3S2. The van der Waals surface area contributed by atoms with Gasteiger partial charge in [0.1, 0.15) is 16.3 Å². The maximum Gasteiger partial charge on any atom is 0.286 e. The van der Waals surface area contributed by atoms with E-state index in [0.29, 0.717) is 22.6 Å². The molecular weight excluding hydrogens is 336 g/mol. The van der Waals surface area contributed by atoms with Crippen LogP contribution in [0, 0.1) is 13.8 Å². The molecule has 2 aromatic heterocycles. The van der Waals surface area contributed by atoms with Gasteiger partial charge in [-0.2, -0.15) is 17.6 Å². The third-order valence-corrected chi connectivity index (χ3v) is 5.50. The zero-order valence-corrected chi connectivity index (χ0v) is 14.3. The lowest BCUT2D eigenvalue weighted by atomic mass is 10.2. The first kappa shape index (κ1) is 15.6. The maximum atomic E-state index is 13.0. The Hall–Kier alpha value is -2.26. The van der Waals surface area contributed by atoms with Gasteiger partial charge in [0.05, 0.1) is 18.5 Å². The Morgan fingerprint density at radius 2 is 2.00 bits per heavy atom. The van der Waals surface area contributed by atoms with Gasteiger partial charge in [0.2, 0.25) is 0 Å². The predicted molar refractivity (Wildman–Crippen MR) is 86.2 cm³/mol. The molecule has 23 heavy (non-hydrogen) atoms. The Morgan fingerprint density at radius 1 is 1.22 bits per heavy atom. The van der Waals surface area contributed by atoms with E-state index in [1.54, 1.807) is 37.4 Å². The van der Waals surface area contributed by atoms with Gasteiger partial charge in [0.15, 0.2) is 0 Å². The van der Waals surface area contributed by atoms with E-state index < -0.39 is 10.0 Å². The van der Waals surface area contributed by atoms with Gasteiger partial charge in [0, 0.05) is 10.9 Å². The topological polar surface area (TPSA) is 87.0 Å². The van der Waals surface area contributed by atoms with Gasteiger partial charge in [-0.25, -0.2) is 0 Å². The highest BCUT2D eigenvalue weighted by Crippen LogP contribution is 2.31. The monoisotopic (exact) mass is 350 g/mol. The second-order valence-corrected chi connectivity index (χ2v) is 7.28. The van der Waals surface area contributed by atoms with E-state index >= 15 is 0 Å². The van der Waals surface area contributed by atoms with E-state index in [1.165, 1.54) is 24.7 Å². The first-order valence-corrected chi connectivity index (χ1v) is 8.95. The van der Waals surface area contributed by atoms with Crippen LogP contribution in [0.1, 0.15) is 11.4 Å². The molecule has 1 aromatic carbocycles. The fourth-order valence-electron chi connectivity index (χ4n) is 2.27. The van der Waals surface area contributed by atoms with E-state index in [4.69, 9.17) is 4.74 Å². The fourth-order valence-corrected chi connectivity index (χ4v) is 4.27. The zero-order chi connectivity index (χ0) is 16.6. The summed E-state index contributed by atoms with van der Waals surface area (Å²) in [5.74, 6) is 0.254. The normalized spacial score (nSPS) is 11.6. The molecule has 0 aliphatic rings. The summed E-state index contributed by atoms with van der Waals surface area (Å²) < 4.78 is 36.0. The summed E-state index contributed by atoms with van der Waals surface area (Å²) in [7, 11) is -2.44. The van der Waals surface area contributed by atoms with Crippen LogP contribution in [0.4, 0.5) is 0 Å². The minimum absolute atomic E-state index is 0.0386. The summed E-state index contributed by atoms with van der Waals surface area (Å²) in [6.45, 7) is 3.44.